The summed E-state index contributed by atoms with van der Waals surface area (Å²) >= 11 is 0. The van der Waals surface area contributed by atoms with Gasteiger partial charge in [0, 0.05) is 11.5 Å². The summed E-state index contributed by atoms with van der Waals surface area (Å²) in [6.07, 6.45) is 0.407. The minimum atomic E-state index is -1.42. The smallest absolute Gasteiger partial charge is 0.203 e. The van der Waals surface area contributed by atoms with Gasteiger partial charge in [0.15, 0.2) is 17.4 Å². The van der Waals surface area contributed by atoms with Gasteiger partial charge in [-0.05, 0) is 6.07 Å². The van der Waals surface area contributed by atoms with E-state index in [1.165, 1.54) is 6.92 Å². The molecule has 2 nitrogen and oxygen atoms in total. The highest BCUT2D eigenvalue weighted by Crippen LogP contribution is 2.29. The molecule has 0 bridgehead atoms. The highest BCUT2D eigenvalue weighted by molar-refractivity contribution is 5.62. The number of methoxy groups -OCH3 is 1. The summed E-state index contributed by atoms with van der Waals surface area (Å²) in [7, 11) is 1.03. The molecule has 82 valence electrons. The van der Waals surface area contributed by atoms with Gasteiger partial charge in [0.2, 0.25) is 5.82 Å². The fourth-order valence-electron chi connectivity index (χ4n) is 1.19. The van der Waals surface area contributed by atoms with Crippen molar-refractivity contribution in [2.24, 2.45) is 0 Å². The van der Waals surface area contributed by atoms with Crippen LogP contribution in [0, 0.1) is 17.5 Å². The molecule has 0 N–H and O–H groups in total. The number of benzene rings is 1. The first-order valence-electron chi connectivity index (χ1n) is 4.19. The fraction of sp³-hybridized carbons (Fsp3) is 0.300. The van der Waals surface area contributed by atoms with Gasteiger partial charge < -0.3 is 9.53 Å². The Bertz CT molecular complexity index is 391. The Morgan fingerprint density at radius 3 is 2.40 bits per heavy atom. The van der Waals surface area contributed by atoms with Crippen molar-refractivity contribution in [2.75, 3.05) is 7.11 Å². The van der Waals surface area contributed by atoms with Gasteiger partial charge in [0.25, 0.3) is 0 Å². The Morgan fingerprint density at radius 1 is 1.33 bits per heavy atom. The van der Waals surface area contributed by atoms with Crippen LogP contribution >= 0.6 is 0 Å². The van der Waals surface area contributed by atoms with Gasteiger partial charge >= 0.3 is 0 Å². The van der Waals surface area contributed by atoms with E-state index in [1.807, 2.05) is 0 Å². The van der Waals surface area contributed by atoms with Crippen molar-refractivity contribution in [1.82, 2.24) is 0 Å². The molecule has 0 aliphatic carbocycles. The number of rotatable bonds is 3. The van der Waals surface area contributed by atoms with Crippen LogP contribution in [0.25, 0.3) is 0 Å². The first kappa shape index (κ1) is 11.6. The lowest BCUT2D eigenvalue weighted by molar-refractivity contribution is -0.108. The average molecular weight is 218 g/mol. The van der Waals surface area contributed by atoms with E-state index >= 15 is 0 Å². The van der Waals surface area contributed by atoms with E-state index < -0.39 is 29.1 Å². The summed E-state index contributed by atoms with van der Waals surface area (Å²) in [5.74, 6) is -5.39. The van der Waals surface area contributed by atoms with E-state index in [4.69, 9.17) is 0 Å². The standard InChI is InChI=1S/C10H9F3O2/c1-5(4-14)6-3-7(11)10(15-2)9(13)8(6)12/h3-5H,1-2H3. The van der Waals surface area contributed by atoms with Crippen molar-refractivity contribution in [1.29, 1.82) is 0 Å². The molecule has 0 saturated heterocycles. The number of halogens is 3. The van der Waals surface area contributed by atoms with Crippen LogP contribution in [-0.4, -0.2) is 13.4 Å². The van der Waals surface area contributed by atoms with Gasteiger partial charge in [-0.25, -0.2) is 8.78 Å². The van der Waals surface area contributed by atoms with E-state index in [9.17, 15) is 18.0 Å². The molecule has 0 aliphatic rings. The molecule has 1 unspecified atom stereocenters. The minimum absolute atomic E-state index is 0.319. The van der Waals surface area contributed by atoms with E-state index in [0.29, 0.717) is 6.29 Å². The molecule has 0 amide bonds. The summed E-state index contributed by atoms with van der Waals surface area (Å²) in [4.78, 5) is 10.4. The Morgan fingerprint density at radius 2 is 1.93 bits per heavy atom. The Labute approximate surface area is 84.7 Å². The molecule has 5 heteroatoms. The first-order valence-corrected chi connectivity index (χ1v) is 4.19. The van der Waals surface area contributed by atoms with Crippen LogP contribution in [0.1, 0.15) is 18.4 Å². The lowest BCUT2D eigenvalue weighted by Crippen LogP contribution is -2.05. The molecule has 1 aromatic rings. The molecular formula is C10H9F3O2. The number of hydrogen-bond acceptors (Lipinski definition) is 2. The topological polar surface area (TPSA) is 26.3 Å². The SMILES string of the molecule is COc1c(F)cc(C(C)C=O)c(F)c1F. The van der Waals surface area contributed by atoms with Gasteiger partial charge in [-0.2, -0.15) is 4.39 Å². The van der Waals surface area contributed by atoms with E-state index in [1.54, 1.807) is 0 Å². The highest BCUT2D eigenvalue weighted by atomic mass is 19.2. The molecule has 0 aromatic heterocycles. The summed E-state index contributed by atoms with van der Waals surface area (Å²) in [5.41, 5.74) is -0.319. The average Bonchev–Trinajstić information content (AvgIpc) is 2.23. The van der Waals surface area contributed by atoms with E-state index in [2.05, 4.69) is 4.74 Å². The van der Waals surface area contributed by atoms with Crippen LogP contribution in [-0.2, 0) is 4.79 Å². The van der Waals surface area contributed by atoms with Crippen LogP contribution in [0.5, 0.6) is 5.75 Å². The summed E-state index contributed by atoms with van der Waals surface area (Å²) in [5, 5.41) is 0. The third-order valence-electron chi connectivity index (χ3n) is 2.04. The summed E-state index contributed by atoms with van der Waals surface area (Å²) in [6.45, 7) is 1.34. The zero-order valence-corrected chi connectivity index (χ0v) is 8.18. The van der Waals surface area contributed by atoms with Gasteiger partial charge in [-0.1, -0.05) is 6.92 Å². The Hall–Kier alpha value is -1.52. The maximum atomic E-state index is 13.3. The number of carbonyl (C=O) groups is 1. The lowest BCUT2D eigenvalue weighted by atomic mass is 10.0. The summed E-state index contributed by atoms with van der Waals surface area (Å²) < 4.78 is 43.9. The Balaban J connectivity index is 3.40. The van der Waals surface area contributed by atoms with Crippen LogP contribution < -0.4 is 4.74 Å². The van der Waals surface area contributed by atoms with Gasteiger partial charge in [-0.15, -0.1) is 0 Å². The minimum Gasteiger partial charge on any atom is -0.491 e. The molecule has 15 heavy (non-hydrogen) atoms. The molecule has 1 aromatic carbocycles. The van der Waals surface area contributed by atoms with Gasteiger partial charge in [0.05, 0.1) is 7.11 Å². The second-order valence-corrected chi connectivity index (χ2v) is 3.03. The molecule has 0 radical (unpaired) electrons. The predicted octanol–water partition coefficient (Wildman–Crippen LogP) is 2.41. The fourth-order valence-corrected chi connectivity index (χ4v) is 1.19. The second-order valence-electron chi connectivity index (χ2n) is 3.03. The van der Waals surface area contributed by atoms with Crippen LogP contribution in [0.2, 0.25) is 0 Å². The monoisotopic (exact) mass is 218 g/mol. The quantitative estimate of drug-likeness (QED) is 0.575. The number of hydrogen-bond donors (Lipinski definition) is 0. The number of ether oxygens (including phenoxy) is 1. The second kappa shape index (κ2) is 4.33. The molecule has 0 heterocycles. The summed E-state index contributed by atoms with van der Waals surface area (Å²) in [6, 6.07) is 0.760. The van der Waals surface area contributed by atoms with Crippen molar-refractivity contribution < 1.29 is 22.7 Å². The van der Waals surface area contributed by atoms with Crippen molar-refractivity contribution in [3.8, 4) is 5.75 Å². The van der Waals surface area contributed by atoms with Crippen LogP contribution in [0.4, 0.5) is 13.2 Å². The molecular weight excluding hydrogens is 209 g/mol. The Kier molecular flexibility index (Phi) is 3.34. The molecule has 0 fully saturated rings. The first-order chi connectivity index (χ1) is 7.02. The number of aldehydes is 1. The maximum absolute atomic E-state index is 13.3. The van der Waals surface area contributed by atoms with Gasteiger partial charge in [-0.3, -0.25) is 0 Å². The van der Waals surface area contributed by atoms with E-state index in [0.717, 1.165) is 13.2 Å². The van der Waals surface area contributed by atoms with Crippen molar-refractivity contribution in [3.63, 3.8) is 0 Å². The molecule has 1 rings (SSSR count). The zero-order valence-electron chi connectivity index (χ0n) is 8.18. The normalized spacial score (nSPS) is 12.3. The third kappa shape index (κ3) is 1.95. The van der Waals surface area contributed by atoms with Crippen molar-refractivity contribution >= 4 is 6.29 Å². The zero-order chi connectivity index (χ0) is 11.6. The maximum Gasteiger partial charge on any atom is 0.203 e. The molecule has 0 aliphatic heterocycles. The van der Waals surface area contributed by atoms with Crippen molar-refractivity contribution in [2.45, 2.75) is 12.8 Å². The molecule has 1 atom stereocenters. The molecule has 0 spiro atoms. The van der Waals surface area contributed by atoms with Crippen LogP contribution in [0.3, 0.4) is 0 Å². The van der Waals surface area contributed by atoms with Gasteiger partial charge in [0.1, 0.15) is 6.29 Å². The van der Waals surface area contributed by atoms with E-state index in [-0.39, 0.29) is 5.56 Å². The van der Waals surface area contributed by atoms with Crippen LogP contribution in [0.15, 0.2) is 6.07 Å². The number of carbonyl (C=O) groups excluding carboxylic acids is 1. The third-order valence-corrected chi connectivity index (χ3v) is 2.04. The lowest BCUT2D eigenvalue weighted by Gasteiger charge is -2.10. The highest BCUT2D eigenvalue weighted by Gasteiger charge is 2.22. The van der Waals surface area contributed by atoms with Crippen molar-refractivity contribution in [3.05, 3.63) is 29.1 Å². The molecule has 0 saturated carbocycles. The largest absolute Gasteiger partial charge is 0.491 e. The predicted molar refractivity (Wildman–Crippen MR) is 47.3 cm³/mol.